The first-order chi connectivity index (χ1) is 12.8. The van der Waals surface area contributed by atoms with Gasteiger partial charge >= 0.3 is 12.6 Å². The fraction of sp³-hybridized carbons (Fsp3) is 0.176. The highest BCUT2D eigenvalue weighted by molar-refractivity contribution is 8.00. The van der Waals surface area contributed by atoms with E-state index < -0.39 is 29.9 Å². The molecule has 0 saturated carbocycles. The van der Waals surface area contributed by atoms with Crippen LogP contribution in [0.3, 0.4) is 0 Å². The van der Waals surface area contributed by atoms with Crippen molar-refractivity contribution in [2.75, 3.05) is 12.4 Å². The van der Waals surface area contributed by atoms with Gasteiger partial charge in [-0.2, -0.15) is 8.78 Å². The highest BCUT2D eigenvalue weighted by Crippen LogP contribution is 2.21. The molecule has 0 aliphatic rings. The Morgan fingerprint density at radius 3 is 2.26 bits per heavy atom. The van der Waals surface area contributed by atoms with E-state index in [4.69, 9.17) is 4.74 Å². The van der Waals surface area contributed by atoms with E-state index in [1.165, 1.54) is 48.5 Å². The summed E-state index contributed by atoms with van der Waals surface area (Å²) in [6, 6.07) is 10.7. The number of thioether (sulfide) groups is 1. The summed E-state index contributed by atoms with van der Waals surface area (Å²) >= 11 is 1.11. The van der Waals surface area contributed by atoms with E-state index in [1.807, 2.05) is 0 Å². The average molecular weight is 397 g/mol. The summed E-state index contributed by atoms with van der Waals surface area (Å²) in [6.45, 7) is -3.45. The maximum Gasteiger partial charge on any atom is 0.387 e. The number of carbonyl (C=O) groups excluding carboxylic acids is 2. The quantitative estimate of drug-likeness (QED) is 0.209. The molecule has 142 valence electrons. The molecule has 0 radical (unpaired) electrons. The molecule has 0 N–H and O–H groups in total. The molecule has 10 heteroatoms. The molecule has 0 fully saturated rings. The lowest BCUT2D eigenvalue weighted by molar-refractivity contribution is -0.384. The molecule has 0 bridgehead atoms. The monoisotopic (exact) mass is 397 g/mol. The third-order valence-electron chi connectivity index (χ3n) is 3.17. The predicted octanol–water partition coefficient (Wildman–Crippen LogP) is 3.71. The number of hydrogen-bond donors (Lipinski definition) is 0. The third-order valence-corrected chi connectivity index (χ3v) is 4.16. The molecule has 2 aromatic rings. The summed E-state index contributed by atoms with van der Waals surface area (Å²) in [4.78, 5) is 34.3. The number of benzene rings is 2. The zero-order valence-corrected chi connectivity index (χ0v) is 14.5. The fourth-order valence-corrected chi connectivity index (χ4v) is 2.60. The molecule has 0 saturated heterocycles. The average Bonchev–Trinajstić information content (AvgIpc) is 2.65. The molecule has 2 rings (SSSR count). The molecule has 0 amide bonds. The molecular weight excluding hydrogens is 384 g/mol. The molecule has 0 spiro atoms. The Labute approximate surface area is 156 Å². The van der Waals surface area contributed by atoms with Crippen LogP contribution in [0.5, 0.6) is 5.75 Å². The maximum atomic E-state index is 12.1. The number of nitro groups is 1. The fourth-order valence-electron chi connectivity index (χ4n) is 1.90. The van der Waals surface area contributed by atoms with Gasteiger partial charge in [0, 0.05) is 22.6 Å². The molecular formula is C17H13F2NO6S. The highest BCUT2D eigenvalue weighted by atomic mass is 32.2. The summed E-state index contributed by atoms with van der Waals surface area (Å²) in [7, 11) is 0. The number of halogens is 2. The zero-order chi connectivity index (χ0) is 19.8. The zero-order valence-electron chi connectivity index (χ0n) is 13.7. The number of Topliss-reactive ketones (excluding diaryl/α,β-unsaturated/α-hetero) is 1. The number of nitro benzene ring substituents is 1. The SMILES string of the molecule is O=C(CSc1ccc([N+](=O)[O-])cc1)OCC(=O)c1ccc(OC(F)F)cc1. The van der Waals surface area contributed by atoms with Crippen LogP contribution in [0.2, 0.25) is 0 Å². The number of carbonyl (C=O) groups is 2. The Balaban J connectivity index is 1.77. The van der Waals surface area contributed by atoms with E-state index in [1.54, 1.807) is 0 Å². The molecule has 0 unspecified atom stereocenters. The Kier molecular flexibility index (Phi) is 7.24. The first kappa shape index (κ1) is 20.3. The van der Waals surface area contributed by atoms with Gasteiger partial charge in [-0.3, -0.25) is 19.7 Å². The molecule has 0 heterocycles. The largest absolute Gasteiger partial charge is 0.457 e. The van der Waals surface area contributed by atoms with Crippen molar-refractivity contribution < 1.29 is 32.8 Å². The lowest BCUT2D eigenvalue weighted by Crippen LogP contribution is -2.15. The van der Waals surface area contributed by atoms with Crippen LogP contribution in [0.25, 0.3) is 0 Å². The number of rotatable bonds is 9. The van der Waals surface area contributed by atoms with Crippen molar-refractivity contribution in [2.24, 2.45) is 0 Å². The number of esters is 1. The van der Waals surface area contributed by atoms with Gasteiger partial charge in [-0.25, -0.2) is 0 Å². The number of ether oxygens (including phenoxy) is 2. The minimum atomic E-state index is -2.96. The minimum absolute atomic E-state index is 0.0579. The maximum absolute atomic E-state index is 12.1. The van der Waals surface area contributed by atoms with Crippen molar-refractivity contribution in [2.45, 2.75) is 11.5 Å². The van der Waals surface area contributed by atoms with Gasteiger partial charge in [0.05, 0.1) is 10.7 Å². The Hall–Kier alpha value is -3.01. The van der Waals surface area contributed by atoms with E-state index in [0.717, 1.165) is 11.8 Å². The van der Waals surface area contributed by atoms with Crippen LogP contribution < -0.4 is 4.74 Å². The molecule has 0 aromatic heterocycles. The lowest BCUT2D eigenvalue weighted by Gasteiger charge is -2.06. The predicted molar refractivity (Wildman–Crippen MR) is 92.2 cm³/mol. The van der Waals surface area contributed by atoms with Crippen LogP contribution in [-0.4, -0.2) is 35.6 Å². The normalized spacial score (nSPS) is 10.5. The van der Waals surface area contributed by atoms with Gasteiger partial charge < -0.3 is 9.47 Å². The molecule has 27 heavy (non-hydrogen) atoms. The van der Waals surface area contributed by atoms with Crippen molar-refractivity contribution >= 4 is 29.2 Å². The summed E-state index contributed by atoms with van der Waals surface area (Å²) in [5.74, 6) is -1.29. The van der Waals surface area contributed by atoms with E-state index in [-0.39, 0.29) is 22.8 Å². The molecule has 2 aromatic carbocycles. The van der Waals surface area contributed by atoms with Crippen LogP contribution in [-0.2, 0) is 9.53 Å². The van der Waals surface area contributed by atoms with Crippen LogP contribution in [0, 0.1) is 10.1 Å². The summed E-state index contributed by atoms with van der Waals surface area (Å²) in [6.07, 6.45) is 0. The summed E-state index contributed by atoms with van der Waals surface area (Å²) in [5, 5.41) is 10.6. The van der Waals surface area contributed by atoms with Crippen molar-refractivity contribution in [1.29, 1.82) is 0 Å². The van der Waals surface area contributed by atoms with Gasteiger partial charge in [-0.1, -0.05) is 0 Å². The van der Waals surface area contributed by atoms with Gasteiger partial charge in [0.2, 0.25) is 0 Å². The number of hydrogen-bond acceptors (Lipinski definition) is 7. The van der Waals surface area contributed by atoms with Crippen molar-refractivity contribution in [3.05, 3.63) is 64.2 Å². The van der Waals surface area contributed by atoms with Gasteiger partial charge in [0.1, 0.15) is 5.75 Å². The Morgan fingerprint density at radius 2 is 1.70 bits per heavy atom. The van der Waals surface area contributed by atoms with E-state index >= 15 is 0 Å². The van der Waals surface area contributed by atoms with E-state index in [0.29, 0.717) is 4.90 Å². The number of nitrogens with zero attached hydrogens (tertiary/aromatic N) is 1. The minimum Gasteiger partial charge on any atom is -0.457 e. The molecule has 0 aliphatic heterocycles. The van der Waals surface area contributed by atoms with Crippen LogP contribution >= 0.6 is 11.8 Å². The van der Waals surface area contributed by atoms with Crippen LogP contribution in [0.4, 0.5) is 14.5 Å². The standard InChI is InChI=1S/C17H13F2NO6S/c18-17(19)26-13-5-1-11(2-6-13)15(21)9-25-16(22)10-27-14-7-3-12(4-8-14)20(23)24/h1-8,17H,9-10H2. The summed E-state index contributed by atoms with van der Waals surface area (Å²) < 4.78 is 33.2. The number of alkyl halides is 2. The van der Waals surface area contributed by atoms with Gasteiger partial charge in [0.15, 0.2) is 12.4 Å². The summed E-state index contributed by atoms with van der Waals surface area (Å²) in [5.41, 5.74) is 0.130. The second-order valence-electron chi connectivity index (χ2n) is 5.03. The second-order valence-corrected chi connectivity index (χ2v) is 6.08. The van der Waals surface area contributed by atoms with Crippen molar-refractivity contribution in [3.8, 4) is 5.75 Å². The van der Waals surface area contributed by atoms with E-state index in [9.17, 15) is 28.5 Å². The Bertz CT molecular complexity index is 811. The van der Waals surface area contributed by atoms with E-state index in [2.05, 4.69) is 4.74 Å². The van der Waals surface area contributed by atoms with Gasteiger partial charge in [0.25, 0.3) is 5.69 Å². The van der Waals surface area contributed by atoms with Crippen molar-refractivity contribution in [3.63, 3.8) is 0 Å². The van der Waals surface area contributed by atoms with Crippen LogP contribution in [0.15, 0.2) is 53.4 Å². The highest BCUT2D eigenvalue weighted by Gasteiger charge is 2.12. The smallest absolute Gasteiger partial charge is 0.387 e. The third kappa shape index (κ3) is 6.66. The number of ketones is 1. The number of non-ortho nitro benzene ring substituents is 1. The molecule has 0 atom stereocenters. The van der Waals surface area contributed by atoms with Gasteiger partial charge in [-0.15, -0.1) is 11.8 Å². The Morgan fingerprint density at radius 1 is 1.07 bits per heavy atom. The second kappa shape index (κ2) is 9.62. The first-order valence-electron chi connectivity index (χ1n) is 7.46. The topological polar surface area (TPSA) is 95.7 Å². The van der Waals surface area contributed by atoms with Crippen molar-refractivity contribution in [1.82, 2.24) is 0 Å². The van der Waals surface area contributed by atoms with Gasteiger partial charge in [-0.05, 0) is 36.4 Å². The van der Waals surface area contributed by atoms with Crippen LogP contribution in [0.1, 0.15) is 10.4 Å². The first-order valence-corrected chi connectivity index (χ1v) is 8.44. The molecule has 0 aliphatic carbocycles. The molecule has 7 nitrogen and oxygen atoms in total. The lowest BCUT2D eigenvalue weighted by atomic mass is 10.1.